The number of benzene rings is 2. The minimum Gasteiger partial charge on any atom is -0.341 e. The maximum atomic E-state index is 14.5. The van der Waals surface area contributed by atoms with Crippen molar-refractivity contribution in [1.29, 1.82) is 0 Å². The van der Waals surface area contributed by atoms with E-state index in [4.69, 9.17) is 0 Å². The molecule has 0 fully saturated rings. The first kappa shape index (κ1) is 17.5. The van der Waals surface area contributed by atoms with Crippen molar-refractivity contribution in [1.82, 2.24) is 14.9 Å². The Kier molecular flexibility index (Phi) is 4.75. The van der Waals surface area contributed by atoms with Crippen LogP contribution in [0.1, 0.15) is 47.3 Å². The minimum atomic E-state index is -0.632. The largest absolute Gasteiger partial charge is 0.341 e. The van der Waals surface area contributed by atoms with E-state index in [0.29, 0.717) is 11.4 Å². The van der Waals surface area contributed by atoms with E-state index < -0.39 is 6.04 Å². The number of hydrogen-bond acceptors (Lipinski definition) is 2. The third-order valence-electron chi connectivity index (χ3n) is 5.31. The molecule has 3 aromatic rings. The van der Waals surface area contributed by atoms with Gasteiger partial charge in [0.2, 0.25) is 5.91 Å². The summed E-state index contributed by atoms with van der Waals surface area (Å²) in [4.78, 5) is 17.5. The second-order valence-electron chi connectivity index (χ2n) is 7.00. The molecule has 1 amide bonds. The summed E-state index contributed by atoms with van der Waals surface area (Å²) in [6, 6.07) is 14.0. The third-order valence-corrected chi connectivity index (χ3v) is 5.31. The van der Waals surface area contributed by atoms with Crippen molar-refractivity contribution >= 4 is 5.91 Å². The number of rotatable bonds is 4. The van der Waals surface area contributed by atoms with Crippen LogP contribution >= 0.6 is 0 Å². The number of fused-ring (bicyclic) bond motifs is 1. The zero-order valence-corrected chi connectivity index (χ0v) is 15.2. The van der Waals surface area contributed by atoms with Gasteiger partial charge < -0.3 is 9.88 Å². The molecule has 0 spiro atoms. The van der Waals surface area contributed by atoms with E-state index in [9.17, 15) is 9.18 Å². The highest BCUT2D eigenvalue weighted by Gasteiger charge is 2.30. The van der Waals surface area contributed by atoms with E-state index in [1.165, 1.54) is 11.6 Å². The number of nitrogens with one attached hydrogen (secondary N) is 1. The smallest absolute Gasteiger partial charge is 0.228 e. The highest BCUT2D eigenvalue weighted by Crippen LogP contribution is 2.33. The van der Waals surface area contributed by atoms with Crippen LogP contribution in [0, 0.1) is 5.82 Å². The zero-order chi connectivity index (χ0) is 18.8. The zero-order valence-electron chi connectivity index (χ0n) is 15.2. The van der Waals surface area contributed by atoms with Crippen LogP contribution in [-0.4, -0.2) is 15.5 Å². The van der Waals surface area contributed by atoms with Crippen molar-refractivity contribution in [2.75, 3.05) is 0 Å². The minimum absolute atomic E-state index is 0.0848. The van der Waals surface area contributed by atoms with Gasteiger partial charge in [-0.3, -0.25) is 4.79 Å². The SMILES string of the molecule is Cn1ccnc1[C@@H](NC(=O)[C@H]1CCCc2ccccc21)c1ccccc1F. The van der Waals surface area contributed by atoms with Gasteiger partial charge in [-0.25, -0.2) is 9.37 Å². The van der Waals surface area contributed by atoms with E-state index >= 15 is 0 Å². The predicted molar refractivity (Wildman–Crippen MR) is 102 cm³/mol. The molecular formula is C22H22FN3O. The summed E-state index contributed by atoms with van der Waals surface area (Å²) < 4.78 is 16.3. The van der Waals surface area contributed by atoms with Gasteiger partial charge in [-0.15, -0.1) is 0 Å². The molecule has 0 saturated heterocycles. The Morgan fingerprint density at radius 3 is 2.78 bits per heavy atom. The van der Waals surface area contributed by atoms with Crippen molar-refractivity contribution in [3.63, 3.8) is 0 Å². The standard InChI is InChI=1S/C22H22FN3O/c1-26-14-13-24-21(26)20(18-10-4-5-12-19(18)23)25-22(27)17-11-6-8-15-7-2-3-9-16(15)17/h2-5,7,9-10,12-14,17,20H,6,8,11H2,1H3,(H,25,27)/t17-,20-/m0/s1. The Balaban J connectivity index is 1.68. The fourth-order valence-electron chi connectivity index (χ4n) is 3.92. The van der Waals surface area contributed by atoms with Crippen LogP contribution in [0.2, 0.25) is 0 Å². The van der Waals surface area contributed by atoms with Crippen molar-refractivity contribution in [2.24, 2.45) is 7.05 Å². The summed E-state index contributed by atoms with van der Waals surface area (Å²) in [6.07, 6.45) is 6.22. The number of halogens is 1. The highest BCUT2D eigenvalue weighted by atomic mass is 19.1. The highest BCUT2D eigenvalue weighted by molar-refractivity contribution is 5.85. The summed E-state index contributed by atoms with van der Waals surface area (Å²) >= 11 is 0. The Morgan fingerprint density at radius 1 is 1.22 bits per heavy atom. The fraction of sp³-hybridized carbons (Fsp3) is 0.273. The van der Waals surface area contributed by atoms with E-state index in [2.05, 4.69) is 16.4 Å². The Labute approximate surface area is 158 Å². The molecule has 0 aliphatic heterocycles. The first-order valence-corrected chi connectivity index (χ1v) is 9.25. The van der Waals surface area contributed by atoms with Gasteiger partial charge in [0.25, 0.3) is 0 Å². The number of imidazole rings is 1. The first-order valence-electron chi connectivity index (χ1n) is 9.25. The van der Waals surface area contributed by atoms with Gasteiger partial charge >= 0.3 is 0 Å². The summed E-state index contributed by atoms with van der Waals surface area (Å²) in [7, 11) is 1.85. The number of amides is 1. The van der Waals surface area contributed by atoms with Crippen molar-refractivity contribution in [3.8, 4) is 0 Å². The Hall–Kier alpha value is -2.95. The molecule has 27 heavy (non-hydrogen) atoms. The number of hydrogen-bond donors (Lipinski definition) is 1. The molecule has 1 aliphatic carbocycles. The number of carbonyl (C=O) groups excluding carboxylic acids is 1. The molecular weight excluding hydrogens is 341 g/mol. The monoisotopic (exact) mass is 363 g/mol. The quantitative estimate of drug-likeness (QED) is 0.765. The third kappa shape index (κ3) is 3.37. The van der Waals surface area contributed by atoms with Crippen LogP contribution in [0.4, 0.5) is 4.39 Å². The average Bonchev–Trinajstić information content (AvgIpc) is 3.12. The second kappa shape index (κ2) is 7.35. The van der Waals surface area contributed by atoms with Crippen LogP contribution in [0.5, 0.6) is 0 Å². The molecule has 2 aromatic carbocycles. The van der Waals surface area contributed by atoms with Gasteiger partial charge in [0.05, 0.1) is 5.92 Å². The van der Waals surface area contributed by atoms with E-state index in [1.54, 1.807) is 30.6 Å². The van der Waals surface area contributed by atoms with Crippen LogP contribution in [-0.2, 0) is 18.3 Å². The van der Waals surface area contributed by atoms with Crippen LogP contribution < -0.4 is 5.32 Å². The average molecular weight is 363 g/mol. The lowest BCUT2D eigenvalue weighted by atomic mass is 9.82. The van der Waals surface area contributed by atoms with Gasteiger partial charge in [0.15, 0.2) is 0 Å². The van der Waals surface area contributed by atoms with Gasteiger partial charge in [-0.05, 0) is 36.5 Å². The predicted octanol–water partition coefficient (Wildman–Crippen LogP) is 3.88. The van der Waals surface area contributed by atoms with Gasteiger partial charge in [-0.1, -0.05) is 42.5 Å². The van der Waals surface area contributed by atoms with Crippen molar-refractivity contribution < 1.29 is 9.18 Å². The molecule has 0 unspecified atom stereocenters. The molecule has 5 heteroatoms. The maximum Gasteiger partial charge on any atom is 0.228 e. The molecule has 0 radical (unpaired) electrons. The normalized spacial score (nSPS) is 17.2. The van der Waals surface area contributed by atoms with Crippen LogP contribution in [0.25, 0.3) is 0 Å². The van der Waals surface area contributed by atoms with E-state index in [1.807, 2.05) is 29.8 Å². The van der Waals surface area contributed by atoms with Gasteiger partial charge in [-0.2, -0.15) is 0 Å². The number of carbonyl (C=O) groups is 1. The topological polar surface area (TPSA) is 46.9 Å². The lowest BCUT2D eigenvalue weighted by Crippen LogP contribution is -2.36. The summed E-state index contributed by atoms with van der Waals surface area (Å²) in [5.74, 6) is -0.0460. The Morgan fingerprint density at radius 2 is 2.00 bits per heavy atom. The molecule has 2 atom stereocenters. The molecule has 1 heterocycles. The lowest BCUT2D eigenvalue weighted by molar-refractivity contribution is -0.123. The summed E-state index contributed by atoms with van der Waals surface area (Å²) in [5, 5.41) is 3.07. The molecule has 4 rings (SSSR count). The van der Waals surface area contributed by atoms with Gasteiger partial charge in [0.1, 0.15) is 17.7 Å². The lowest BCUT2D eigenvalue weighted by Gasteiger charge is -2.27. The van der Waals surface area contributed by atoms with Crippen LogP contribution in [0.15, 0.2) is 60.9 Å². The number of aromatic nitrogens is 2. The molecule has 4 nitrogen and oxygen atoms in total. The molecule has 1 aliphatic rings. The molecule has 138 valence electrons. The molecule has 0 bridgehead atoms. The molecule has 1 N–H and O–H groups in total. The number of aryl methyl sites for hydroxylation is 2. The fourth-order valence-corrected chi connectivity index (χ4v) is 3.92. The van der Waals surface area contributed by atoms with Crippen molar-refractivity contribution in [2.45, 2.75) is 31.2 Å². The molecule has 1 aromatic heterocycles. The summed E-state index contributed by atoms with van der Waals surface area (Å²) in [5.41, 5.74) is 2.72. The number of nitrogens with zero attached hydrogens (tertiary/aromatic N) is 2. The molecule has 0 saturated carbocycles. The van der Waals surface area contributed by atoms with Crippen molar-refractivity contribution in [3.05, 3.63) is 89.3 Å². The Bertz CT molecular complexity index is 965. The van der Waals surface area contributed by atoms with E-state index in [-0.39, 0.29) is 17.6 Å². The first-order chi connectivity index (χ1) is 13.1. The maximum absolute atomic E-state index is 14.5. The van der Waals surface area contributed by atoms with Crippen LogP contribution in [0.3, 0.4) is 0 Å². The van der Waals surface area contributed by atoms with E-state index in [0.717, 1.165) is 24.8 Å². The van der Waals surface area contributed by atoms with Gasteiger partial charge in [0, 0.05) is 25.0 Å². The summed E-state index contributed by atoms with van der Waals surface area (Å²) in [6.45, 7) is 0. The second-order valence-corrected chi connectivity index (χ2v) is 7.00.